The third kappa shape index (κ3) is 2.76. The van der Waals surface area contributed by atoms with E-state index in [0.717, 1.165) is 6.20 Å². The smallest absolute Gasteiger partial charge is 0.399 e. The number of nitrogens with two attached hydrogens (primary N) is 1. The van der Waals surface area contributed by atoms with E-state index in [2.05, 4.69) is 4.98 Å². The first-order valence-electron chi connectivity index (χ1n) is 5.91. The van der Waals surface area contributed by atoms with E-state index in [1.807, 2.05) is 0 Å². The van der Waals surface area contributed by atoms with Gasteiger partial charge in [0.15, 0.2) is 5.69 Å². The second-order valence-corrected chi connectivity index (χ2v) is 4.48. The van der Waals surface area contributed by atoms with Gasteiger partial charge in [-0.2, -0.15) is 13.2 Å². The number of anilines is 1. The van der Waals surface area contributed by atoms with Gasteiger partial charge >= 0.3 is 6.18 Å². The molecule has 0 saturated heterocycles. The highest BCUT2D eigenvalue weighted by molar-refractivity contribution is 5.59. The molecule has 7 heteroatoms. The zero-order valence-electron chi connectivity index (χ0n) is 10.7. The van der Waals surface area contributed by atoms with Crippen molar-refractivity contribution in [1.29, 1.82) is 0 Å². The molecule has 1 heterocycles. The van der Waals surface area contributed by atoms with Crippen molar-refractivity contribution in [3.8, 4) is 11.4 Å². The van der Waals surface area contributed by atoms with Gasteiger partial charge in [0.1, 0.15) is 12.5 Å². The van der Waals surface area contributed by atoms with E-state index < -0.39 is 24.6 Å². The fourth-order valence-corrected chi connectivity index (χ4v) is 1.79. The Hall–Kier alpha value is -2.05. The van der Waals surface area contributed by atoms with Crippen LogP contribution in [0.5, 0.6) is 0 Å². The number of halogens is 4. The van der Waals surface area contributed by atoms with Gasteiger partial charge in [-0.25, -0.2) is 9.37 Å². The first-order valence-corrected chi connectivity index (χ1v) is 5.91. The normalized spacial score (nSPS) is 13.4. The van der Waals surface area contributed by atoms with E-state index >= 15 is 0 Å². The predicted molar refractivity (Wildman–Crippen MR) is 67.8 cm³/mol. The summed E-state index contributed by atoms with van der Waals surface area (Å²) >= 11 is 0. The van der Waals surface area contributed by atoms with Crippen molar-refractivity contribution in [2.75, 3.05) is 12.4 Å². The second-order valence-electron chi connectivity index (χ2n) is 4.48. The summed E-state index contributed by atoms with van der Waals surface area (Å²) in [6, 6.07) is 5.49. The molecular formula is C13H13F4N3. The van der Waals surface area contributed by atoms with Crippen molar-refractivity contribution in [3.63, 3.8) is 0 Å². The van der Waals surface area contributed by atoms with Gasteiger partial charge in [-0.1, -0.05) is 0 Å². The summed E-state index contributed by atoms with van der Waals surface area (Å²) in [5.41, 5.74) is 5.44. The Kier molecular flexibility index (Phi) is 3.69. The maximum Gasteiger partial charge on any atom is 0.434 e. The Morgan fingerprint density at radius 1 is 1.25 bits per heavy atom. The molecule has 20 heavy (non-hydrogen) atoms. The lowest BCUT2D eigenvalue weighted by Crippen LogP contribution is -2.08. The van der Waals surface area contributed by atoms with Crippen LogP contribution in [0, 0.1) is 0 Å². The van der Waals surface area contributed by atoms with Crippen LogP contribution in [0.1, 0.15) is 18.7 Å². The van der Waals surface area contributed by atoms with Gasteiger partial charge < -0.3 is 10.3 Å². The van der Waals surface area contributed by atoms with Crippen LogP contribution >= 0.6 is 0 Å². The molecule has 2 N–H and O–H groups in total. The molecule has 0 bridgehead atoms. The Morgan fingerprint density at radius 3 is 2.35 bits per heavy atom. The maximum atomic E-state index is 12.8. The van der Waals surface area contributed by atoms with Crippen LogP contribution in [-0.4, -0.2) is 16.2 Å². The minimum absolute atomic E-state index is 0.0717. The summed E-state index contributed by atoms with van der Waals surface area (Å²) in [5.74, 6) is 0.0717. The fourth-order valence-electron chi connectivity index (χ4n) is 1.79. The first-order chi connectivity index (χ1) is 9.32. The number of hydrogen-bond acceptors (Lipinski definition) is 2. The molecule has 0 aliphatic carbocycles. The average Bonchev–Trinajstić information content (AvgIpc) is 2.83. The minimum atomic E-state index is -4.57. The van der Waals surface area contributed by atoms with Crippen LogP contribution in [-0.2, 0) is 6.18 Å². The van der Waals surface area contributed by atoms with Gasteiger partial charge in [-0.3, -0.25) is 0 Å². The SMILES string of the molecule is CC(CF)n1cc(C(F)(F)F)nc1-c1ccc(N)cc1. The van der Waals surface area contributed by atoms with Crippen LogP contribution in [0.25, 0.3) is 11.4 Å². The highest BCUT2D eigenvalue weighted by Crippen LogP contribution is 2.32. The Morgan fingerprint density at radius 2 is 1.85 bits per heavy atom. The van der Waals surface area contributed by atoms with Crippen molar-refractivity contribution in [1.82, 2.24) is 9.55 Å². The quantitative estimate of drug-likeness (QED) is 0.691. The first kappa shape index (κ1) is 14.4. The molecule has 108 valence electrons. The molecule has 1 aromatic heterocycles. The molecule has 0 aliphatic heterocycles. The number of rotatable bonds is 3. The number of nitrogens with zero attached hydrogens (tertiary/aromatic N) is 2. The van der Waals surface area contributed by atoms with Crippen LogP contribution < -0.4 is 5.73 Å². The lowest BCUT2D eigenvalue weighted by atomic mass is 10.2. The number of alkyl halides is 4. The molecule has 3 nitrogen and oxygen atoms in total. The number of imidazole rings is 1. The summed E-state index contributed by atoms with van der Waals surface area (Å²) in [4.78, 5) is 3.58. The Labute approximate surface area is 113 Å². The van der Waals surface area contributed by atoms with Gasteiger partial charge in [0, 0.05) is 17.4 Å². The van der Waals surface area contributed by atoms with Crippen molar-refractivity contribution in [2.24, 2.45) is 0 Å². The summed E-state index contributed by atoms with van der Waals surface area (Å²) in [6.45, 7) is 0.707. The summed E-state index contributed by atoms with van der Waals surface area (Å²) in [5, 5.41) is 0. The van der Waals surface area contributed by atoms with Gasteiger partial charge in [0.2, 0.25) is 0 Å². The molecule has 2 aromatic rings. The van der Waals surface area contributed by atoms with Crippen molar-refractivity contribution < 1.29 is 17.6 Å². The molecule has 0 radical (unpaired) electrons. The number of aromatic nitrogens is 2. The molecule has 0 amide bonds. The van der Waals surface area contributed by atoms with Crippen LogP contribution in [0.3, 0.4) is 0 Å². The minimum Gasteiger partial charge on any atom is -0.399 e. The van der Waals surface area contributed by atoms with E-state index in [1.165, 1.54) is 11.5 Å². The largest absolute Gasteiger partial charge is 0.434 e. The third-order valence-electron chi connectivity index (χ3n) is 2.89. The van der Waals surface area contributed by atoms with E-state index in [1.54, 1.807) is 24.3 Å². The van der Waals surface area contributed by atoms with Crippen molar-refractivity contribution >= 4 is 5.69 Å². The topological polar surface area (TPSA) is 43.8 Å². The van der Waals surface area contributed by atoms with Gasteiger partial charge in [0.05, 0.1) is 6.04 Å². The zero-order chi connectivity index (χ0) is 14.9. The monoisotopic (exact) mass is 287 g/mol. The zero-order valence-corrected chi connectivity index (χ0v) is 10.7. The molecule has 2 rings (SSSR count). The standard InChI is InChI=1S/C13H13F4N3/c1-8(6-14)20-7-11(13(15,16)17)19-12(20)9-2-4-10(18)5-3-9/h2-5,7-8H,6,18H2,1H3. The van der Waals surface area contributed by atoms with Gasteiger partial charge in [-0.05, 0) is 31.2 Å². The van der Waals surface area contributed by atoms with Gasteiger partial charge in [0.25, 0.3) is 0 Å². The van der Waals surface area contributed by atoms with Crippen LogP contribution in [0.2, 0.25) is 0 Å². The molecule has 0 spiro atoms. The number of hydrogen-bond donors (Lipinski definition) is 1. The maximum absolute atomic E-state index is 12.8. The molecule has 1 aromatic carbocycles. The van der Waals surface area contributed by atoms with Crippen LogP contribution in [0.4, 0.5) is 23.2 Å². The number of nitrogen functional groups attached to an aromatic ring is 1. The van der Waals surface area contributed by atoms with E-state index in [4.69, 9.17) is 5.73 Å². The number of benzene rings is 1. The molecule has 0 aliphatic rings. The van der Waals surface area contributed by atoms with Crippen LogP contribution in [0.15, 0.2) is 30.5 Å². The Bertz CT molecular complexity index is 587. The summed E-state index contributed by atoms with van der Waals surface area (Å²) < 4.78 is 52.2. The highest BCUT2D eigenvalue weighted by atomic mass is 19.4. The lowest BCUT2D eigenvalue weighted by molar-refractivity contribution is -0.140. The molecule has 0 fully saturated rings. The second kappa shape index (κ2) is 5.15. The van der Waals surface area contributed by atoms with E-state index in [0.29, 0.717) is 11.3 Å². The van der Waals surface area contributed by atoms with E-state index in [-0.39, 0.29) is 5.82 Å². The van der Waals surface area contributed by atoms with Crippen molar-refractivity contribution in [3.05, 3.63) is 36.2 Å². The average molecular weight is 287 g/mol. The Balaban J connectivity index is 2.55. The lowest BCUT2D eigenvalue weighted by Gasteiger charge is -2.12. The molecule has 0 saturated carbocycles. The van der Waals surface area contributed by atoms with Gasteiger partial charge in [-0.15, -0.1) is 0 Å². The fraction of sp³-hybridized carbons (Fsp3) is 0.308. The summed E-state index contributed by atoms with van der Waals surface area (Å²) in [7, 11) is 0. The molecule has 1 unspecified atom stereocenters. The highest BCUT2D eigenvalue weighted by Gasteiger charge is 2.35. The van der Waals surface area contributed by atoms with E-state index in [9.17, 15) is 17.6 Å². The third-order valence-corrected chi connectivity index (χ3v) is 2.89. The summed E-state index contributed by atoms with van der Waals surface area (Å²) in [6.07, 6.45) is -3.74. The van der Waals surface area contributed by atoms with Crippen molar-refractivity contribution in [2.45, 2.75) is 19.1 Å². The molecular weight excluding hydrogens is 274 g/mol. The predicted octanol–water partition coefficient (Wildman–Crippen LogP) is 3.68. The molecule has 1 atom stereocenters.